The molecule has 0 unspecified atom stereocenters. The van der Waals surface area contributed by atoms with Crippen LogP contribution in [-0.2, 0) is 9.84 Å². The van der Waals surface area contributed by atoms with Gasteiger partial charge in [-0.2, -0.15) is 13.2 Å². The molecule has 3 nitrogen and oxygen atoms in total. The number of thioether (sulfide) groups is 1. The van der Waals surface area contributed by atoms with Crippen LogP contribution in [0, 0.1) is 0 Å². The highest BCUT2D eigenvalue weighted by atomic mass is 32.2. The van der Waals surface area contributed by atoms with Crippen LogP contribution in [0.4, 0.5) is 13.2 Å². The van der Waals surface area contributed by atoms with E-state index < -0.39 is 15.3 Å². The van der Waals surface area contributed by atoms with Crippen LogP contribution in [0.2, 0.25) is 0 Å². The summed E-state index contributed by atoms with van der Waals surface area (Å²) in [6.45, 7) is 2.14. The average molecular weight is 279 g/mol. The van der Waals surface area contributed by atoms with E-state index in [0.29, 0.717) is 6.42 Å². The van der Waals surface area contributed by atoms with Crippen molar-refractivity contribution >= 4 is 21.6 Å². The van der Waals surface area contributed by atoms with Crippen molar-refractivity contribution in [2.24, 2.45) is 0 Å². The minimum atomic E-state index is -4.21. The Balaban J connectivity index is 3.48. The molecule has 8 heteroatoms. The maximum absolute atomic E-state index is 11.7. The first-order chi connectivity index (χ1) is 7.27. The van der Waals surface area contributed by atoms with Crippen molar-refractivity contribution in [3.63, 3.8) is 0 Å². The first-order valence-electron chi connectivity index (χ1n) is 4.88. The summed E-state index contributed by atoms with van der Waals surface area (Å²) in [5.74, 6) is 0.0147. The lowest BCUT2D eigenvalue weighted by Gasteiger charge is -2.07. The number of hydrogen-bond donors (Lipinski definition) is 1. The molecule has 0 aliphatic heterocycles. The lowest BCUT2D eigenvalue weighted by molar-refractivity contribution is -0.0327. The molecule has 0 saturated carbocycles. The van der Waals surface area contributed by atoms with E-state index in [9.17, 15) is 21.6 Å². The Morgan fingerprint density at radius 2 is 1.81 bits per heavy atom. The monoisotopic (exact) mass is 279 g/mol. The van der Waals surface area contributed by atoms with E-state index >= 15 is 0 Å². The van der Waals surface area contributed by atoms with Gasteiger partial charge in [0.15, 0.2) is 9.84 Å². The number of halogens is 3. The topological polar surface area (TPSA) is 46.2 Å². The normalized spacial score (nSPS) is 13.0. The predicted octanol–water partition coefficient (Wildman–Crippen LogP) is 1.65. The molecule has 1 N–H and O–H groups in total. The fourth-order valence-electron chi connectivity index (χ4n) is 1.00. The van der Waals surface area contributed by atoms with Crippen molar-refractivity contribution in [2.75, 3.05) is 30.3 Å². The Hall–Kier alpha value is 0.0500. The lowest BCUT2D eigenvalue weighted by atomic mass is 10.6. The molecule has 0 saturated heterocycles. The number of alkyl halides is 3. The summed E-state index contributed by atoms with van der Waals surface area (Å²) >= 11 is -0.110. The Morgan fingerprint density at radius 1 is 1.19 bits per heavy atom. The largest absolute Gasteiger partial charge is 0.441 e. The molecular formula is C8H16F3NO2S2. The van der Waals surface area contributed by atoms with E-state index in [4.69, 9.17) is 0 Å². The van der Waals surface area contributed by atoms with Gasteiger partial charge in [0.25, 0.3) is 0 Å². The molecule has 0 aromatic heterocycles. The Labute approximate surface area is 98.1 Å². The highest BCUT2D eigenvalue weighted by Gasteiger charge is 2.27. The summed E-state index contributed by atoms with van der Waals surface area (Å²) in [6.07, 6.45) is 0.562. The maximum atomic E-state index is 11.7. The zero-order chi connectivity index (χ0) is 12.7. The molecule has 0 amide bonds. The minimum absolute atomic E-state index is 0.0163. The third-order valence-electron chi connectivity index (χ3n) is 1.65. The number of sulfone groups is 1. The molecule has 0 rings (SSSR count). The molecule has 0 heterocycles. The van der Waals surface area contributed by atoms with Crippen molar-refractivity contribution in [1.29, 1.82) is 0 Å². The van der Waals surface area contributed by atoms with E-state index in [1.807, 2.05) is 0 Å². The van der Waals surface area contributed by atoms with Gasteiger partial charge in [0.05, 0.1) is 5.75 Å². The van der Waals surface area contributed by atoms with Crippen LogP contribution >= 0.6 is 11.8 Å². The van der Waals surface area contributed by atoms with Gasteiger partial charge in [0.2, 0.25) is 0 Å². The summed E-state index contributed by atoms with van der Waals surface area (Å²) in [7, 11) is -3.04. The second-order valence-electron chi connectivity index (χ2n) is 3.20. The molecule has 0 spiro atoms. The van der Waals surface area contributed by atoms with Gasteiger partial charge in [-0.05, 0) is 18.2 Å². The molecule has 0 aromatic rings. The molecular weight excluding hydrogens is 263 g/mol. The number of hydrogen-bond acceptors (Lipinski definition) is 4. The van der Waals surface area contributed by atoms with Gasteiger partial charge in [-0.15, -0.1) is 0 Å². The van der Waals surface area contributed by atoms with Gasteiger partial charge in [0, 0.05) is 24.6 Å². The van der Waals surface area contributed by atoms with Gasteiger partial charge in [0.1, 0.15) is 0 Å². The predicted molar refractivity (Wildman–Crippen MR) is 60.3 cm³/mol. The molecule has 0 fully saturated rings. The SMILES string of the molecule is CCCS(=O)(=O)CCNCCSC(F)(F)F. The first kappa shape index (κ1) is 16.1. The van der Waals surface area contributed by atoms with Crippen molar-refractivity contribution in [1.82, 2.24) is 5.32 Å². The van der Waals surface area contributed by atoms with Crippen molar-refractivity contribution in [3.05, 3.63) is 0 Å². The molecule has 0 atom stereocenters. The van der Waals surface area contributed by atoms with Gasteiger partial charge in [-0.3, -0.25) is 0 Å². The zero-order valence-corrected chi connectivity index (χ0v) is 10.6. The number of nitrogens with one attached hydrogen (secondary N) is 1. The van der Waals surface area contributed by atoms with Crippen LogP contribution in [0.15, 0.2) is 0 Å². The molecule has 0 aliphatic rings. The van der Waals surface area contributed by atoms with E-state index in [-0.39, 0.29) is 42.1 Å². The summed E-state index contributed by atoms with van der Waals surface area (Å²) in [6, 6.07) is 0. The van der Waals surface area contributed by atoms with E-state index in [2.05, 4.69) is 5.32 Å². The highest BCUT2D eigenvalue weighted by molar-refractivity contribution is 8.00. The lowest BCUT2D eigenvalue weighted by Crippen LogP contribution is -2.26. The fraction of sp³-hybridized carbons (Fsp3) is 1.00. The molecule has 0 radical (unpaired) electrons. The van der Waals surface area contributed by atoms with Gasteiger partial charge >= 0.3 is 5.51 Å². The van der Waals surface area contributed by atoms with E-state index in [0.717, 1.165) is 0 Å². The Morgan fingerprint density at radius 3 is 2.31 bits per heavy atom. The van der Waals surface area contributed by atoms with Crippen LogP contribution in [-0.4, -0.2) is 44.3 Å². The summed E-state index contributed by atoms with van der Waals surface area (Å²) in [4.78, 5) is 0. The molecule has 0 aromatic carbocycles. The molecule has 0 aliphatic carbocycles. The fourth-order valence-corrected chi connectivity index (χ4v) is 2.76. The highest BCUT2D eigenvalue weighted by Crippen LogP contribution is 2.29. The second kappa shape index (κ2) is 7.39. The van der Waals surface area contributed by atoms with Crippen LogP contribution in [0.5, 0.6) is 0 Å². The Bertz CT molecular complexity index is 277. The van der Waals surface area contributed by atoms with Crippen LogP contribution in [0.3, 0.4) is 0 Å². The van der Waals surface area contributed by atoms with Gasteiger partial charge in [-0.1, -0.05) is 6.92 Å². The quantitative estimate of drug-likeness (QED) is 0.686. The third kappa shape index (κ3) is 10.6. The standard InChI is InChI=1S/C8H16F3NO2S2/c1-2-6-16(13,14)7-4-12-3-5-15-8(9,10)11/h12H,2-7H2,1H3. The van der Waals surface area contributed by atoms with Crippen molar-refractivity contribution < 1.29 is 21.6 Å². The summed E-state index contributed by atoms with van der Waals surface area (Å²) in [5.41, 5.74) is -4.21. The van der Waals surface area contributed by atoms with Gasteiger partial charge in [-0.25, -0.2) is 8.42 Å². The summed E-state index contributed by atoms with van der Waals surface area (Å²) in [5, 5.41) is 2.67. The van der Waals surface area contributed by atoms with Crippen LogP contribution < -0.4 is 5.32 Å². The van der Waals surface area contributed by atoms with Crippen molar-refractivity contribution in [2.45, 2.75) is 18.9 Å². The van der Waals surface area contributed by atoms with Gasteiger partial charge < -0.3 is 5.32 Å². The van der Waals surface area contributed by atoms with Crippen LogP contribution in [0.1, 0.15) is 13.3 Å². The molecule has 98 valence electrons. The van der Waals surface area contributed by atoms with E-state index in [1.54, 1.807) is 6.92 Å². The van der Waals surface area contributed by atoms with Crippen LogP contribution in [0.25, 0.3) is 0 Å². The maximum Gasteiger partial charge on any atom is 0.441 e. The molecule has 16 heavy (non-hydrogen) atoms. The second-order valence-corrected chi connectivity index (χ2v) is 6.66. The van der Waals surface area contributed by atoms with E-state index in [1.165, 1.54) is 0 Å². The smallest absolute Gasteiger partial charge is 0.315 e. The van der Waals surface area contributed by atoms with Crippen molar-refractivity contribution in [3.8, 4) is 0 Å². The number of rotatable bonds is 8. The minimum Gasteiger partial charge on any atom is -0.315 e. The first-order valence-corrected chi connectivity index (χ1v) is 7.69. The summed E-state index contributed by atoms with van der Waals surface area (Å²) < 4.78 is 57.5. The zero-order valence-electron chi connectivity index (χ0n) is 9.01. The average Bonchev–Trinajstić information content (AvgIpc) is 2.09. The third-order valence-corrected chi connectivity index (χ3v) is 4.24. The Kier molecular flexibility index (Phi) is 7.41. The molecule has 0 bridgehead atoms.